The van der Waals surface area contributed by atoms with Crippen molar-refractivity contribution >= 4 is 18.5 Å². The van der Waals surface area contributed by atoms with E-state index >= 15 is 0 Å². The van der Waals surface area contributed by atoms with Gasteiger partial charge >= 0.3 is 6.72 Å². The number of hydrogen-bond acceptors (Lipinski definition) is 4. The first kappa shape index (κ1) is 21.0. The summed E-state index contributed by atoms with van der Waals surface area (Å²) in [4.78, 5) is 0. The van der Waals surface area contributed by atoms with Crippen LogP contribution in [-0.4, -0.2) is 7.11 Å². The van der Waals surface area contributed by atoms with Crippen molar-refractivity contribution in [2.24, 2.45) is 0 Å². The van der Waals surface area contributed by atoms with Crippen LogP contribution in [0.15, 0.2) is 48.5 Å². The van der Waals surface area contributed by atoms with Crippen LogP contribution in [0.4, 0.5) is 0 Å². The zero-order valence-corrected chi connectivity index (χ0v) is 18.4. The quantitative estimate of drug-likeness (QED) is 0.535. The third-order valence-corrected chi connectivity index (χ3v) is 6.31. The lowest BCUT2D eigenvalue weighted by Gasteiger charge is -2.23. The van der Waals surface area contributed by atoms with Gasteiger partial charge in [-0.1, -0.05) is 65.8 Å². The topological polar surface area (TPSA) is 27.7 Å². The Hall–Kier alpha value is -1.35. The summed E-state index contributed by atoms with van der Waals surface area (Å²) in [6, 6.07) is 15.8. The highest BCUT2D eigenvalue weighted by molar-refractivity contribution is 8.07. The van der Waals surface area contributed by atoms with Gasteiger partial charge in [0.1, 0.15) is 11.5 Å². The molecular weight excluding hydrogens is 363 g/mol. The van der Waals surface area contributed by atoms with E-state index in [-0.39, 0.29) is 10.8 Å². The molecule has 0 bridgehead atoms. The minimum Gasteiger partial charge on any atom is -0.416 e. The Morgan fingerprint density at radius 2 is 0.962 bits per heavy atom. The van der Waals surface area contributed by atoms with Gasteiger partial charge in [0, 0.05) is 18.9 Å². The monoisotopic (exact) mass is 392 g/mol. The Labute approximate surface area is 162 Å². The van der Waals surface area contributed by atoms with Crippen molar-refractivity contribution in [3.63, 3.8) is 0 Å². The summed E-state index contributed by atoms with van der Waals surface area (Å²) in [5.41, 5.74) is 2.64. The molecule has 0 spiro atoms. The summed E-state index contributed by atoms with van der Waals surface area (Å²) in [5, 5.41) is 0. The van der Waals surface area contributed by atoms with E-state index in [2.05, 4.69) is 41.5 Å². The molecule has 0 unspecified atom stereocenters. The summed E-state index contributed by atoms with van der Waals surface area (Å²) in [5.74, 6) is 1.30. The summed E-state index contributed by atoms with van der Waals surface area (Å²) < 4.78 is 17.2. The average Bonchev–Trinajstić information content (AvgIpc) is 2.54. The molecule has 2 rings (SSSR count). The van der Waals surface area contributed by atoms with E-state index in [1.54, 1.807) is 0 Å². The van der Waals surface area contributed by atoms with E-state index in [1.807, 2.05) is 48.5 Å². The molecule has 0 heterocycles. The van der Waals surface area contributed by atoms with Gasteiger partial charge in [-0.05, 0) is 46.2 Å². The smallest absolute Gasteiger partial charge is 0.416 e. The van der Waals surface area contributed by atoms with E-state index in [4.69, 9.17) is 25.4 Å². The SMILES string of the molecule is COP(=S)(Oc1ccc(C(C)(C)C)cc1)Oc1ccc(C(C)(C)C)cc1. The molecular formula is C21H29O3PS. The first-order valence-corrected chi connectivity index (χ1v) is 11.2. The third kappa shape index (κ3) is 5.57. The fraction of sp³-hybridized carbons (Fsp3) is 0.429. The Balaban J connectivity index is 2.14. The average molecular weight is 393 g/mol. The number of rotatable bonds is 5. The molecule has 5 heteroatoms. The van der Waals surface area contributed by atoms with Gasteiger partial charge in [0.15, 0.2) is 0 Å². The molecule has 2 aromatic rings. The Kier molecular flexibility index (Phi) is 6.22. The molecule has 0 atom stereocenters. The number of benzene rings is 2. The third-order valence-electron chi connectivity index (χ3n) is 4.10. The highest BCUT2D eigenvalue weighted by atomic mass is 32.5. The van der Waals surface area contributed by atoms with Crippen molar-refractivity contribution < 1.29 is 13.6 Å². The molecule has 0 saturated heterocycles. The summed E-state index contributed by atoms with van der Waals surface area (Å²) in [7, 11) is 1.52. The maximum atomic E-state index is 5.90. The van der Waals surface area contributed by atoms with Crippen LogP contribution in [0.3, 0.4) is 0 Å². The van der Waals surface area contributed by atoms with Gasteiger partial charge in [-0.25, -0.2) is 0 Å². The molecule has 26 heavy (non-hydrogen) atoms. The van der Waals surface area contributed by atoms with Crippen molar-refractivity contribution in [2.45, 2.75) is 52.4 Å². The summed E-state index contributed by atoms with van der Waals surface area (Å²) in [6.45, 7) is 10.1. The minimum atomic E-state index is -2.92. The van der Waals surface area contributed by atoms with Crippen LogP contribution in [0.1, 0.15) is 52.7 Å². The molecule has 0 aliphatic heterocycles. The van der Waals surface area contributed by atoms with Crippen LogP contribution in [0, 0.1) is 0 Å². The molecule has 142 valence electrons. The Bertz CT molecular complexity index is 705. The van der Waals surface area contributed by atoms with E-state index in [0.717, 1.165) is 0 Å². The molecule has 0 aliphatic rings. The first-order valence-electron chi connectivity index (χ1n) is 8.69. The van der Waals surface area contributed by atoms with Crippen LogP contribution in [-0.2, 0) is 27.2 Å². The zero-order valence-electron chi connectivity index (χ0n) is 16.7. The lowest BCUT2D eigenvalue weighted by molar-refractivity contribution is 0.319. The molecule has 0 fully saturated rings. The van der Waals surface area contributed by atoms with Crippen LogP contribution >= 0.6 is 6.72 Å². The molecule has 0 aliphatic carbocycles. The van der Waals surface area contributed by atoms with E-state index < -0.39 is 6.72 Å². The standard InChI is InChI=1S/C21H29O3PS/c1-20(2,3)16-8-12-18(13-9-16)23-25(26,22-7)24-19-14-10-17(11-15-19)21(4,5)6/h8-15H,1-7H3. The van der Waals surface area contributed by atoms with Crippen LogP contribution in [0.5, 0.6) is 11.5 Å². The van der Waals surface area contributed by atoms with Gasteiger partial charge in [0.25, 0.3) is 0 Å². The Morgan fingerprint density at radius 3 is 1.19 bits per heavy atom. The highest BCUT2D eigenvalue weighted by Gasteiger charge is 2.24. The van der Waals surface area contributed by atoms with E-state index in [0.29, 0.717) is 11.5 Å². The van der Waals surface area contributed by atoms with Gasteiger partial charge in [-0.3, -0.25) is 4.52 Å². The minimum absolute atomic E-state index is 0.0886. The fourth-order valence-corrected chi connectivity index (χ4v) is 3.85. The van der Waals surface area contributed by atoms with Gasteiger partial charge in [0.2, 0.25) is 0 Å². The van der Waals surface area contributed by atoms with Gasteiger partial charge in [-0.2, -0.15) is 0 Å². The maximum absolute atomic E-state index is 5.90. The van der Waals surface area contributed by atoms with E-state index in [1.165, 1.54) is 18.2 Å². The molecule has 0 N–H and O–H groups in total. The van der Waals surface area contributed by atoms with Crippen LogP contribution < -0.4 is 9.05 Å². The lowest BCUT2D eigenvalue weighted by Crippen LogP contribution is -2.11. The van der Waals surface area contributed by atoms with Crippen LogP contribution in [0.25, 0.3) is 0 Å². The lowest BCUT2D eigenvalue weighted by atomic mass is 9.87. The van der Waals surface area contributed by atoms with Crippen molar-refractivity contribution in [3.05, 3.63) is 59.7 Å². The maximum Gasteiger partial charge on any atom is 0.434 e. The second-order valence-corrected chi connectivity index (χ2v) is 11.3. The zero-order chi connectivity index (χ0) is 19.6. The van der Waals surface area contributed by atoms with Gasteiger partial charge in [-0.15, -0.1) is 0 Å². The highest BCUT2D eigenvalue weighted by Crippen LogP contribution is 2.49. The molecule has 0 amide bonds. The summed E-state index contributed by atoms with van der Waals surface area (Å²) in [6.07, 6.45) is 0. The summed E-state index contributed by atoms with van der Waals surface area (Å²) >= 11 is 5.52. The predicted octanol–water partition coefficient (Wildman–Crippen LogP) is 6.61. The Morgan fingerprint density at radius 1 is 0.654 bits per heavy atom. The molecule has 3 nitrogen and oxygen atoms in total. The van der Waals surface area contributed by atoms with E-state index in [9.17, 15) is 0 Å². The van der Waals surface area contributed by atoms with Crippen molar-refractivity contribution in [3.8, 4) is 11.5 Å². The fourth-order valence-electron chi connectivity index (χ4n) is 2.38. The second kappa shape index (κ2) is 7.72. The normalized spacial score (nSPS) is 12.7. The van der Waals surface area contributed by atoms with Crippen molar-refractivity contribution in [2.75, 3.05) is 7.11 Å². The van der Waals surface area contributed by atoms with Crippen LogP contribution in [0.2, 0.25) is 0 Å². The predicted molar refractivity (Wildman–Crippen MR) is 113 cm³/mol. The molecule has 0 aromatic heterocycles. The van der Waals surface area contributed by atoms with Crippen molar-refractivity contribution in [1.29, 1.82) is 0 Å². The number of hydrogen-bond donors (Lipinski definition) is 0. The largest absolute Gasteiger partial charge is 0.434 e. The molecule has 0 radical (unpaired) electrons. The second-order valence-electron chi connectivity index (χ2n) is 8.36. The van der Waals surface area contributed by atoms with Gasteiger partial charge < -0.3 is 9.05 Å². The van der Waals surface area contributed by atoms with Crippen molar-refractivity contribution in [1.82, 2.24) is 0 Å². The van der Waals surface area contributed by atoms with Gasteiger partial charge in [0.05, 0.1) is 0 Å². The molecule has 2 aromatic carbocycles. The molecule has 0 saturated carbocycles. The first-order chi connectivity index (χ1) is 11.9.